The van der Waals surface area contributed by atoms with Gasteiger partial charge in [0.05, 0.1) is 11.7 Å². The zero-order chi connectivity index (χ0) is 20.9. The van der Waals surface area contributed by atoms with Crippen molar-refractivity contribution in [2.45, 2.75) is 95.9 Å². The van der Waals surface area contributed by atoms with Crippen molar-refractivity contribution in [1.82, 2.24) is 19.9 Å². The molecule has 0 bridgehead atoms. The fraction of sp³-hybridized carbons (Fsp3) is 0.708. The van der Waals surface area contributed by atoms with Crippen molar-refractivity contribution in [3.63, 3.8) is 0 Å². The summed E-state index contributed by atoms with van der Waals surface area (Å²) in [5.41, 5.74) is 3.82. The number of anilines is 1. The molecule has 0 aromatic carbocycles. The average Bonchev–Trinajstić information content (AvgIpc) is 3.14. The number of nitrogens with zero attached hydrogens (tertiary/aromatic N) is 3. The van der Waals surface area contributed by atoms with Crippen molar-refractivity contribution in [3.8, 4) is 0 Å². The number of fused-ring (bicyclic) bond motifs is 1. The van der Waals surface area contributed by atoms with Gasteiger partial charge in [0.1, 0.15) is 5.78 Å². The van der Waals surface area contributed by atoms with Crippen LogP contribution in [-0.4, -0.2) is 39.5 Å². The van der Waals surface area contributed by atoms with E-state index in [1.54, 1.807) is 0 Å². The van der Waals surface area contributed by atoms with Crippen molar-refractivity contribution in [2.24, 2.45) is 0 Å². The highest BCUT2D eigenvalue weighted by Gasteiger charge is 2.27. The molecule has 1 saturated carbocycles. The van der Waals surface area contributed by atoms with Gasteiger partial charge in [0.2, 0.25) is 5.95 Å². The molecule has 0 amide bonds. The summed E-state index contributed by atoms with van der Waals surface area (Å²) in [7, 11) is 0. The molecule has 2 fully saturated rings. The number of hydrogen-bond acceptors (Lipinski definition) is 5. The summed E-state index contributed by atoms with van der Waals surface area (Å²) in [6.07, 6.45) is 12.5. The third-order valence-corrected chi connectivity index (χ3v) is 6.93. The lowest BCUT2D eigenvalue weighted by molar-refractivity contribution is -0.120. The standard InChI is InChI=1S/C24H37N5O/c1-3-4-5-6-17(2)27-24-26-16-23-21(18-11-13-25-14-12-18)15-22(29(23)28-24)19-7-9-20(30)10-8-19/h15-19,25H,3-14H2,1-2H3,(H,27,28). The molecule has 6 heteroatoms. The molecule has 1 aliphatic carbocycles. The van der Waals surface area contributed by atoms with E-state index in [0.29, 0.717) is 42.5 Å². The molecule has 0 radical (unpaired) electrons. The molecule has 1 unspecified atom stereocenters. The Morgan fingerprint density at radius 3 is 2.67 bits per heavy atom. The highest BCUT2D eigenvalue weighted by atomic mass is 16.1. The Hall–Kier alpha value is -1.95. The molecule has 2 aliphatic rings. The third kappa shape index (κ3) is 4.85. The van der Waals surface area contributed by atoms with Crippen molar-refractivity contribution in [1.29, 1.82) is 0 Å². The molecule has 1 atom stereocenters. The summed E-state index contributed by atoms with van der Waals surface area (Å²) in [6, 6.07) is 2.75. The van der Waals surface area contributed by atoms with E-state index >= 15 is 0 Å². The van der Waals surface area contributed by atoms with Crippen LogP contribution >= 0.6 is 0 Å². The number of carbonyl (C=O) groups is 1. The number of hydrogen-bond donors (Lipinski definition) is 2. The second-order valence-corrected chi connectivity index (χ2v) is 9.28. The fourth-order valence-corrected chi connectivity index (χ4v) is 5.08. The first kappa shape index (κ1) is 21.3. The van der Waals surface area contributed by atoms with Gasteiger partial charge in [-0.1, -0.05) is 26.2 Å². The SMILES string of the molecule is CCCCCC(C)Nc1ncc2c(C3CCNCC3)cc(C3CCC(=O)CC3)n2n1. The van der Waals surface area contributed by atoms with Gasteiger partial charge in [-0.3, -0.25) is 4.79 Å². The van der Waals surface area contributed by atoms with Crippen LogP contribution in [0.4, 0.5) is 5.95 Å². The van der Waals surface area contributed by atoms with E-state index in [1.807, 2.05) is 6.20 Å². The van der Waals surface area contributed by atoms with E-state index < -0.39 is 0 Å². The zero-order valence-corrected chi connectivity index (χ0v) is 18.6. The van der Waals surface area contributed by atoms with Gasteiger partial charge in [-0.15, -0.1) is 5.10 Å². The number of unbranched alkanes of at least 4 members (excludes halogenated alkanes) is 2. The second kappa shape index (κ2) is 9.90. The van der Waals surface area contributed by atoms with E-state index in [0.717, 1.165) is 50.7 Å². The predicted molar refractivity (Wildman–Crippen MR) is 121 cm³/mol. The van der Waals surface area contributed by atoms with E-state index in [2.05, 4.69) is 40.0 Å². The molecule has 3 heterocycles. The van der Waals surface area contributed by atoms with Crippen LogP contribution in [0.15, 0.2) is 12.3 Å². The summed E-state index contributed by atoms with van der Waals surface area (Å²) >= 11 is 0. The summed E-state index contributed by atoms with van der Waals surface area (Å²) in [5, 5.41) is 11.9. The number of carbonyl (C=O) groups excluding carboxylic acids is 1. The minimum absolute atomic E-state index is 0.365. The lowest BCUT2D eigenvalue weighted by Crippen LogP contribution is -2.26. The Kier molecular flexibility index (Phi) is 7.03. The maximum absolute atomic E-state index is 11.8. The first-order valence-electron chi connectivity index (χ1n) is 12.0. The number of nitrogens with one attached hydrogen (secondary N) is 2. The summed E-state index contributed by atoms with van der Waals surface area (Å²) < 4.78 is 2.14. The Labute approximate surface area is 180 Å². The first-order valence-corrected chi connectivity index (χ1v) is 12.0. The van der Waals surface area contributed by atoms with Gasteiger partial charge in [0, 0.05) is 30.5 Å². The zero-order valence-electron chi connectivity index (χ0n) is 18.6. The molecule has 6 nitrogen and oxygen atoms in total. The summed E-state index contributed by atoms with van der Waals surface area (Å²) in [4.78, 5) is 16.5. The number of piperidine rings is 1. The number of ketones is 1. The Morgan fingerprint density at radius 1 is 1.17 bits per heavy atom. The lowest BCUT2D eigenvalue weighted by atomic mass is 9.85. The summed E-state index contributed by atoms with van der Waals surface area (Å²) in [6.45, 7) is 6.60. The van der Waals surface area contributed by atoms with Gasteiger partial charge >= 0.3 is 0 Å². The van der Waals surface area contributed by atoms with Crippen LogP contribution in [0.5, 0.6) is 0 Å². The van der Waals surface area contributed by atoms with E-state index in [-0.39, 0.29) is 0 Å². The second-order valence-electron chi connectivity index (χ2n) is 9.28. The van der Waals surface area contributed by atoms with Crippen LogP contribution in [0.25, 0.3) is 5.52 Å². The smallest absolute Gasteiger partial charge is 0.241 e. The number of aromatic nitrogens is 3. The lowest BCUT2D eigenvalue weighted by Gasteiger charge is -2.22. The van der Waals surface area contributed by atoms with Crippen LogP contribution in [-0.2, 0) is 4.79 Å². The van der Waals surface area contributed by atoms with Crippen LogP contribution in [0.3, 0.4) is 0 Å². The molecule has 1 aliphatic heterocycles. The molecular weight excluding hydrogens is 374 g/mol. The minimum atomic E-state index is 0.365. The molecule has 2 aromatic heterocycles. The maximum atomic E-state index is 11.8. The average molecular weight is 412 g/mol. The Bertz CT molecular complexity index is 845. The van der Waals surface area contributed by atoms with Crippen molar-refractivity contribution >= 4 is 17.2 Å². The summed E-state index contributed by atoms with van der Waals surface area (Å²) in [5.74, 6) is 2.10. The van der Waals surface area contributed by atoms with Crippen LogP contribution in [0.1, 0.15) is 101 Å². The third-order valence-electron chi connectivity index (χ3n) is 6.93. The van der Waals surface area contributed by atoms with Crippen molar-refractivity contribution in [3.05, 3.63) is 23.5 Å². The minimum Gasteiger partial charge on any atom is -0.351 e. The van der Waals surface area contributed by atoms with Crippen LogP contribution in [0.2, 0.25) is 0 Å². The first-order chi connectivity index (χ1) is 14.7. The van der Waals surface area contributed by atoms with E-state index in [9.17, 15) is 4.79 Å². The van der Waals surface area contributed by atoms with Gasteiger partial charge in [0.15, 0.2) is 0 Å². The monoisotopic (exact) mass is 411 g/mol. The Morgan fingerprint density at radius 2 is 1.93 bits per heavy atom. The molecule has 1 saturated heterocycles. The predicted octanol–water partition coefficient (Wildman–Crippen LogP) is 4.80. The number of rotatable bonds is 8. The quantitative estimate of drug-likeness (QED) is 0.610. The van der Waals surface area contributed by atoms with Gasteiger partial charge in [-0.25, -0.2) is 9.50 Å². The van der Waals surface area contributed by atoms with Gasteiger partial charge < -0.3 is 10.6 Å². The molecule has 2 aromatic rings. The molecule has 4 rings (SSSR count). The molecule has 0 spiro atoms. The number of Topliss-reactive ketones (excluding diaryl/α,β-unsaturated/α-hetero) is 1. The highest BCUT2D eigenvalue weighted by Crippen LogP contribution is 2.37. The van der Waals surface area contributed by atoms with Gasteiger partial charge in [0.25, 0.3) is 0 Å². The molecule has 2 N–H and O–H groups in total. The molecule has 30 heavy (non-hydrogen) atoms. The van der Waals surface area contributed by atoms with Gasteiger partial charge in [-0.05, 0) is 69.7 Å². The van der Waals surface area contributed by atoms with E-state index in [1.165, 1.54) is 30.5 Å². The van der Waals surface area contributed by atoms with Crippen LogP contribution < -0.4 is 10.6 Å². The van der Waals surface area contributed by atoms with Crippen molar-refractivity contribution in [2.75, 3.05) is 18.4 Å². The van der Waals surface area contributed by atoms with Gasteiger partial charge in [-0.2, -0.15) is 0 Å². The van der Waals surface area contributed by atoms with E-state index in [4.69, 9.17) is 5.10 Å². The van der Waals surface area contributed by atoms with Crippen LogP contribution in [0, 0.1) is 0 Å². The topological polar surface area (TPSA) is 71.3 Å². The molecular formula is C24H37N5O. The fourth-order valence-electron chi connectivity index (χ4n) is 5.08. The highest BCUT2D eigenvalue weighted by molar-refractivity contribution is 5.79. The Balaban J connectivity index is 1.62. The maximum Gasteiger partial charge on any atom is 0.241 e. The largest absolute Gasteiger partial charge is 0.351 e. The molecule has 164 valence electrons. The normalized spacial score (nSPS) is 20.0. The van der Waals surface area contributed by atoms with Crippen molar-refractivity contribution < 1.29 is 4.79 Å².